The maximum Gasteiger partial charge on any atom is 0.228 e. The largest absolute Gasteiger partial charge is 0.369 e. The van der Waals surface area contributed by atoms with Crippen molar-refractivity contribution in [3.05, 3.63) is 58.9 Å². The van der Waals surface area contributed by atoms with Crippen molar-refractivity contribution in [2.75, 3.05) is 23.3 Å². The summed E-state index contributed by atoms with van der Waals surface area (Å²) in [6.07, 6.45) is 3.58. The van der Waals surface area contributed by atoms with E-state index in [2.05, 4.69) is 25.3 Å². The molecule has 0 fully saturated rings. The second-order valence-electron chi connectivity index (χ2n) is 6.18. The zero-order chi connectivity index (χ0) is 20.5. The van der Waals surface area contributed by atoms with Crippen molar-refractivity contribution < 1.29 is 8.78 Å². The third-order valence-corrected chi connectivity index (χ3v) is 4.55. The van der Waals surface area contributed by atoms with Gasteiger partial charge in [0.05, 0.1) is 16.7 Å². The molecule has 148 valence electrons. The summed E-state index contributed by atoms with van der Waals surface area (Å²) in [5, 5.41) is 2.68. The minimum atomic E-state index is -1.06. The van der Waals surface area contributed by atoms with Gasteiger partial charge in [0.15, 0.2) is 17.5 Å². The van der Waals surface area contributed by atoms with Crippen LogP contribution >= 0.6 is 11.6 Å². The molecule has 11 heteroatoms. The van der Waals surface area contributed by atoms with E-state index in [0.29, 0.717) is 17.3 Å². The van der Waals surface area contributed by atoms with Crippen molar-refractivity contribution in [2.24, 2.45) is 0 Å². The lowest BCUT2D eigenvalue weighted by Gasteiger charge is -2.09. The van der Waals surface area contributed by atoms with Gasteiger partial charge in [0, 0.05) is 18.3 Å². The van der Waals surface area contributed by atoms with Gasteiger partial charge < -0.3 is 16.8 Å². The molecule has 3 aromatic heterocycles. The monoisotopic (exact) mass is 416 g/mol. The van der Waals surface area contributed by atoms with E-state index in [9.17, 15) is 8.78 Å². The van der Waals surface area contributed by atoms with Crippen LogP contribution in [0, 0.1) is 11.6 Å². The van der Waals surface area contributed by atoms with Gasteiger partial charge in [-0.2, -0.15) is 15.0 Å². The molecule has 1 aromatic carbocycles. The summed E-state index contributed by atoms with van der Waals surface area (Å²) in [5.41, 5.74) is 13.3. The molecule has 0 aliphatic carbocycles. The number of imidazole rings is 1. The molecule has 0 bridgehead atoms. The molecule has 0 aliphatic rings. The van der Waals surface area contributed by atoms with Crippen LogP contribution in [0.15, 0.2) is 36.7 Å². The highest BCUT2D eigenvalue weighted by Gasteiger charge is 2.13. The van der Waals surface area contributed by atoms with Crippen LogP contribution in [0.1, 0.15) is 5.56 Å². The first-order valence-corrected chi connectivity index (χ1v) is 8.91. The Bertz CT molecular complexity index is 1210. The van der Waals surface area contributed by atoms with E-state index >= 15 is 0 Å². The van der Waals surface area contributed by atoms with Crippen LogP contribution < -0.4 is 16.8 Å². The second-order valence-corrected chi connectivity index (χ2v) is 6.59. The third kappa shape index (κ3) is 3.74. The number of nitrogens with two attached hydrogens (primary N) is 2. The molecule has 4 aromatic rings. The van der Waals surface area contributed by atoms with Crippen LogP contribution in [-0.2, 0) is 6.42 Å². The summed E-state index contributed by atoms with van der Waals surface area (Å²) in [6.45, 7) is 0.244. The number of pyridine rings is 1. The van der Waals surface area contributed by atoms with E-state index < -0.39 is 11.6 Å². The van der Waals surface area contributed by atoms with Crippen LogP contribution in [0.5, 0.6) is 0 Å². The molecule has 0 saturated heterocycles. The molecule has 8 nitrogen and oxygen atoms in total. The molecule has 3 heterocycles. The lowest BCUT2D eigenvalue weighted by molar-refractivity contribution is 0.499. The number of benzene rings is 1. The Morgan fingerprint density at radius 1 is 1.03 bits per heavy atom. The quantitative estimate of drug-likeness (QED) is 0.428. The first-order chi connectivity index (χ1) is 13.9. The molecule has 0 atom stereocenters. The minimum Gasteiger partial charge on any atom is -0.369 e. The van der Waals surface area contributed by atoms with E-state index in [0.717, 1.165) is 5.52 Å². The molecule has 5 N–H and O–H groups in total. The number of nitrogens with zero attached hydrogens (tertiary/aromatic N) is 5. The van der Waals surface area contributed by atoms with Crippen LogP contribution in [-0.4, -0.2) is 30.9 Å². The second kappa shape index (κ2) is 7.47. The number of nitrogen functional groups attached to an aromatic ring is 2. The minimum absolute atomic E-state index is 0.0138. The fourth-order valence-electron chi connectivity index (χ4n) is 2.81. The molecule has 0 unspecified atom stereocenters. The molecular weight excluding hydrogens is 402 g/mol. The Balaban J connectivity index is 1.54. The van der Waals surface area contributed by atoms with Crippen molar-refractivity contribution in [2.45, 2.75) is 6.42 Å². The van der Waals surface area contributed by atoms with Gasteiger partial charge in [0.25, 0.3) is 0 Å². The maximum absolute atomic E-state index is 13.9. The summed E-state index contributed by atoms with van der Waals surface area (Å²) in [7, 11) is 0. The van der Waals surface area contributed by atoms with Crippen LogP contribution in [0.4, 0.5) is 26.6 Å². The lowest BCUT2D eigenvalue weighted by Crippen LogP contribution is -2.12. The summed E-state index contributed by atoms with van der Waals surface area (Å²) < 4.78 is 29.2. The highest BCUT2D eigenvalue weighted by molar-refractivity contribution is 6.30. The summed E-state index contributed by atoms with van der Waals surface area (Å²) in [4.78, 5) is 16.5. The molecule has 0 aliphatic heterocycles. The number of fused-ring (bicyclic) bond motifs is 1. The highest BCUT2D eigenvalue weighted by atomic mass is 35.5. The summed E-state index contributed by atoms with van der Waals surface area (Å²) >= 11 is 5.56. The number of hydrogen-bond acceptors (Lipinski definition) is 7. The fourth-order valence-corrected chi connectivity index (χ4v) is 2.96. The number of halogens is 3. The summed E-state index contributed by atoms with van der Waals surface area (Å²) in [6, 6.07) is 6.37. The molecule has 4 rings (SSSR count). The topological polar surface area (TPSA) is 120 Å². The number of hydrogen-bond donors (Lipinski definition) is 3. The smallest absolute Gasteiger partial charge is 0.228 e. The van der Waals surface area contributed by atoms with Gasteiger partial charge in [-0.25, -0.2) is 13.8 Å². The van der Waals surface area contributed by atoms with Crippen LogP contribution in [0.3, 0.4) is 0 Å². The van der Waals surface area contributed by atoms with Gasteiger partial charge in [-0.1, -0.05) is 17.7 Å². The summed E-state index contributed by atoms with van der Waals surface area (Å²) in [5.74, 6) is -1.15. The van der Waals surface area contributed by atoms with Crippen LogP contribution in [0.2, 0.25) is 5.02 Å². The molecule has 0 saturated carbocycles. The van der Waals surface area contributed by atoms with E-state index in [4.69, 9.17) is 23.1 Å². The van der Waals surface area contributed by atoms with E-state index in [1.54, 1.807) is 22.9 Å². The molecular formula is C18H15ClF2N8. The predicted octanol–water partition coefficient (Wildman–Crippen LogP) is 2.94. The SMILES string of the molecule is Nc1nc(NCCc2ccc(Cl)c(F)c2F)nc(-c2ccc3cnc(N)n3c2)n1. The average molecular weight is 417 g/mol. The molecule has 0 radical (unpaired) electrons. The Hall–Kier alpha value is -3.53. The first-order valence-electron chi connectivity index (χ1n) is 8.53. The third-order valence-electron chi connectivity index (χ3n) is 4.26. The van der Waals surface area contributed by atoms with Crippen molar-refractivity contribution in [1.29, 1.82) is 0 Å². The Kier molecular flexibility index (Phi) is 4.85. The zero-order valence-corrected chi connectivity index (χ0v) is 15.7. The van der Waals surface area contributed by atoms with Crippen molar-refractivity contribution in [3.8, 4) is 11.4 Å². The average Bonchev–Trinajstić information content (AvgIpc) is 3.08. The predicted molar refractivity (Wildman–Crippen MR) is 106 cm³/mol. The Morgan fingerprint density at radius 2 is 1.86 bits per heavy atom. The van der Waals surface area contributed by atoms with Crippen molar-refractivity contribution in [3.63, 3.8) is 0 Å². The van der Waals surface area contributed by atoms with Gasteiger partial charge in [-0.15, -0.1) is 0 Å². The molecule has 0 amide bonds. The van der Waals surface area contributed by atoms with Gasteiger partial charge in [-0.3, -0.25) is 4.40 Å². The van der Waals surface area contributed by atoms with Crippen molar-refractivity contribution in [1.82, 2.24) is 24.3 Å². The lowest BCUT2D eigenvalue weighted by atomic mass is 10.1. The van der Waals surface area contributed by atoms with Crippen LogP contribution in [0.25, 0.3) is 16.9 Å². The van der Waals surface area contributed by atoms with Gasteiger partial charge in [0.1, 0.15) is 0 Å². The maximum atomic E-state index is 13.9. The molecule has 29 heavy (non-hydrogen) atoms. The first kappa shape index (κ1) is 18.8. The van der Waals surface area contributed by atoms with Crippen molar-refractivity contribution >= 4 is 35.0 Å². The number of nitrogens with one attached hydrogen (secondary N) is 1. The fraction of sp³-hybridized carbons (Fsp3) is 0.111. The van der Waals surface area contributed by atoms with Gasteiger partial charge >= 0.3 is 0 Å². The van der Waals surface area contributed by atoms with E-state index in [1.807, 2.05) is 6.07 Å². The molecule has 0 spiro atoms. The number of aromatic nitrogens is 5. The van der Waals surface area contributed by atoms with E-state index in [-0.39, 0.29) is 35.4 Å². The van der Waals surface area contributed by atoms with Gasteiger partial charge in [-0.05, 0) is 30.2 Å². The number of anilines is 3. The zero-order valence-electron chi connectivity index (χ0n) is 14.9. The highest BCUT2D eigenvalue weighted by Crippen LogP contribution is 2.22. The standard InChI is InChI=1S/C18H15ClF2N8/c19-12-4-2-9(13(20)14(12)21)5-6-24-18-27-15(26-16(22)28-18)10-1-3-11-7-25-17(23)29(11)8-10/h1-4,7-8H,5-6H2,(H2,23,25)(H3,22,24,26,27,28). The Labute approximate surface area is 168 Å². The van der Waals surface area contributed by atoms with E-state index in [1.165, 1.54) is 12.1 Å². The van der Waals surface area contributed by atoms with Gasteiger partial charge in [0.2, 0.25) is 17.8 Å². The number of rotatable bonds is 5. The normalized spacial score (nSPS) is 11.1. The Morgan fingerprint density at radius 3 is 2.69 bits per heavy atom.